The molecule has 0 aliphatic heterocycles. The van der Waals surface area contributed by atoms with E-state index in [1.165, 1.54) is 19.3 Å². The van der Waals surface area contributed by atoms with Crippen molar-refractivity contribution in [1.82, 2.24) is 5.32 Å². The average molecular weight is 227 g/mol. The zero-order chi connectivity index (χ0) is 12.2. The lowest BCUT2D eigenvalue weighted by Crippen LogP contribution is -2.43. The van der Waals surface area contributed by atoms with Crippen LogP contribution in [-0.2, 0) is 0 Å². The van der Waals surface area contributed by atoms with Crippen molar-refractivity contribution < 1.29 is 5.11 Å². The molecule has 0 aromatic carbocycles. The highest BCUT2D eigenvalue weighted by molar-refractivity contribution is 4.84. The Morgan fingerprint density at radius 2 is 2.06 bits per heavy atom. The molecule has 1 saturated carbocycles. The van der Waals surface area contributed by atoms with E-state index in [4.69, 9.17) is 0 Å². The number of hydrogen-bond donors (Lipinski definition) is 2. The zero-order valence-electron chi connectivity index (χ0n) is 11.4. The minimum absolute atomic E-state index is 0.535. The Hall–Kier alpha value is -0.0800. The highest BCUT2D eigenvalue weighted by Crippen LogP contribution is 2.25. The standard InChI is InChI=1S/C14H29NO/c1-11(2)8-9-14(4,16)10-15-13-7-5-6-12(13)3/h11-13,15-16H,5-10H2,1-4H3. The van der Waals surface area contributed by atoms with Crippen molar-refractivity contribution in [3.8, 4) is 0 Å². The van der Waals surface area contributed by atoms with Crippen LogP contribution in [0.2, 0.25) is 0 Å². The maximum atomic E-state index is 10.2. The van der Waals surface area contributed by atoms with Gasteiger partial charge in [0, 0.05) is 12.6 Å². The molecule has 1 aliphatic rings. The van der Waals surface area contributed by atoms with Gasteiger partial charge in [0.15, 0.2) is 0 Å². The SMILES string of the molecule is CC(C)CCC(C)(O)CNC1CCCC1C. The van der Waals surface area contributed by atoms with E-state index in [9.17, 15) is 5.11 Å². The molecule has 3 unspecified atom stereocenters. The first kappa shape index (κ1) is 14.0. The lowest BCUT2D eigenvalue weighted by atomic mass is 9.94. The normalized spacial score (nSPS) is 29.6. The summed E-state index contributed by atoms with van der Waals surface area (Å²) >= 11 is 0. The second kappa shape index (κ2) is 6.02. The molecule has 0 saturated heterocycles. The quantitative estimate of drug-likeness (QED) is 0.731. The first-order valence-electron chi connectivity index (χ1n) is 6.86. The summed E-state index contributed by atoms with van der Waals surface area (Å²) in [6, 6.07) is 0.630. The third-order valence-corrected chi connectivity index (χ3v) is 3.87. The van der Waals surface area contributed by atoms with Crippen LogP contribution in [0.4, 0.5) is 0 Å². The van der Waals surface area contributed by atoms with Crippen LogP contribution in [0.3, 0.4) is 0 Å². The molecule has 0 radical (unpaired) electrons. The van der Waals surface area contributed by atoms with Gasteiger partial charge in [0.2, 0.25) is 0 Å². The largest absolute Gasteiger partial charge is 0.389 e. The first-order chi connectivity index (χ1) is 7.41. The molecule has 1 aliphatic carbocycles. The van der Waals surface area contributed by atoms with Gasteiger partial charge in [0.1, 0.15) is 0 Å². The molecule has 0 heterocycles. The van der Waals surface area contributed by atoms with Crippen molar-refractivity contribution in [2.24, 2.45) is 11.8 Å². The van der Waals surface area contributed by atoms with Gasteiger partial charge < -0.3 is 10.4 Å². The van der Waals surface area contributed by atoms with Crippen LogP contribution in [0.15, 0.2) is 0 Å². The fourth-order valence-electron chi connectivity index (χ4n) is 2.49. The summed E-state index contributed by atoms with van der Waals surface area (Å²) in [6.07, 6.45) is 5.97. The molecule has 1 fully saturated rings. The molecule has 96 valence electrons. The number of nitrogens with one attached hydrogen (secondary N) is 1. The molecule has 2 heteroatoms. The van der Waals surface area contributed by atoms with Crippen LogP contribution in [0.1, 0.15) is 59.8 Å². The fraction of sp³-hybridized carbons (Fsp3) is 1.00. The van der Waals surface area contributed by atoms with Crippen LogP contribution < -0.4 is 5.32 Å². The minimum Gasteiger partial charge on any atom is -0.389 e. The van der Waals surface area contributed by atoms with Gasteiger partial charge in [-0.05, 0) is 44.4 Å². The molecule has 0 bridgehead atoms. The van der Waals surface area contributed by atoms with Crippen molar-refractivity contribution in [2.75, 3.05) is 6.54 Å². The van der Waals surface area contributed by atoms with Gasteiger partial charge in [-0.1, -0.05) is 27.2 Å². The Morgan fingerprint density at radius 3 is 2.56 bits per heavy atom. The average Bonchev–Trinajstić information content (AvgIpc) is 2.59. The molecular formula is C14H29NO. The van der Waals surface area contributed by atoms with Gasteiger partial charge in [-0.15, -0.1) is 0 Å². The Bertz CT molecular complexity index is 201. The van der Waals surface area contributed by atoms with E-state index in [-0.39, 0.29) is 0 Å². The molecule has 0 aromatic rings. The summed E-state index contributed by atoms with van der Waals surface area (Å²) in [6.45, 7) is 9.44. The van der Waals surface area contributed by atoms with Gasteiger partial charge in [-0.2, -0.15) is 0 Å². The van der Waals surface area contributed by atoms with Gasteiger partial charge in [0.25, 0.3) is 0 Å². The van der Waals surface area contributed by atoms with Crippen LogP contribution in [0.25, 0.3) is 0 Å². The van der Waals surface area contributed by atoms with E-state index in [1.54, 1.807) is 0 Å². The van der Waals surface area contributed by atoms with Crippen LogP contribution in [0, 0.1) is 11.8 Å². The zero-order valence-corrected chi connectivity index (χ0v) is 11.4. The van der Waals surface area contributed by atoms with E-state index in [0.29, 0.717) is 12.0 Å². The molecule has 0 spiro atoms. The molecular weight excluding hydrogens is 198 g/mol. The number of hydrogen-bond acceptors (Lipinski definition) is 2. The van der Waals surface area contributed by atoms with Crippen molar-refractivity contribution in [2.45, 2.75) is 71.4 Å². The molecule has 1 rings (SSSR count). The summed E-state index contributed by atoms with van der Waals surface area (Å²) in [5.41, 5.74) is -0.535. The topological polar surface area (TPSA) is 32.3 Å². The third kappa shape index (κ3) is 4.84. The Labute approximate surface area is 101 Å². The summed E-state index contributed by atoms with van der Waals surface area (Å²) in [7, 11) is 0. The van der Waals surface area contributed by atoms with Gasteiger partial charge in [-0.25, -0.2) is 0 Å². The van der Waals surface area contributed by atoms with E-state index in [2.05, 4.69) is 26.1 Å². The van der Waals surface area contributed by atoms with Crippen molar-refractivity contribution in [3.63, 3.8) is 0 Å². The second-order valence-electron chi connectivity index (χ2n) is 6.33. The van der Waals surface area contributed by atoms with E-state index in [1.807, 2.05) is 6.92 Å². The molecule has 0 amide bonds. The van der Waals surface area contributed by atoms with Gasteiger partial charge >= 0.3 is 0 Å². The summed E-state index contributed by atoms with van der Waals surface area (Å²) < 4.78 is 0. The minimum atomic E-state index is -0.535. The molecule has 3 atom stereocenters. The van der Waals surface area contributed by atoms with E-state index in [0.717, 1.165) is 25.3 Å². The smallest absolute Gasteiger partial charge is 0.0743 e. The second-order valence-corrected chi connectivity index (χ2v) is 6.33. The maximum absolute atomic E-state index is 10.2. The Morgan fingerprint density at radius 1 is 1.38 bits per heavy atom. The number of aliphatic hydroxyl groups is 1. The maximum Gasteiger partial charge on any atom is 0.0743 e. The summed E-state index contributed by atoms with van der Waals surface area (Å²) in [5.74, 6) is 1.46. The predicted octanol–water partition coefficient (Wildman–Crippen LogP) is 2.95. The van der Waals surface area contributed by atoms with Crippen molar-refractivity contribution >= 4 is 0 Å². The fourth-order valence-corrected chi connectivity index (χ4v) is 2.49. The molecule has 16 heavy (non-hydrogen) atoms. The number of rotatable bonds is 6. The molecule has 0 aromatic heterocycles. The van der Waals surface area contributed by atoms with E-state index < -0.39 is 5.60 Å². The lowest BCUT2D eigenvalue weighted by molar-refractivity contribution is 0.0415. The predicted molar refractivity (Wildman–Crippen MR) is 69.5 cm³/mol. The van der Waals surface area contributed by atoms with Crippen LogP contribution in [0.5, 0.6) is 0 Å². The van der Waals surface area contributed by atoms with Crippen molar-refractivity contribution in [1.29, 1.82) is 0 Å². The third-order valence-electron chi connectivity index (χ3n) is 3.87. The van der Waals surface area contributed by atoms with Crippen LogP contribution in [-0.4, -0.2) is 23.3 Å². The molecule has 2 nitrogen and oxygen atoms in total. The Kier molecular flexibility index (Phi) is 5.26. The Balaban J connectivity index is 2.24. The summed E-state index contributed by atoms with van der Waals surface area (Å²) in [5, 5.41) is 13.8. The highest BCUT2D eigenvalue weighted by atomic mass is 16.3. The summed E-state index contributed by atoms with van der Waals surface area (Å²) in [4.78, 5) is 0. The van der Waals surface area contributed by atoms with Crippen LogP contribution >= 0.6 is 0 Å². The lowest BCUT2D eigenvalue weighted by Gasteiger charge is -2.28. The highest BCUT2D eigenvalue weighted by Gasteiger charge is 2.26. The van der Waals surface area contributed by atoms with Crippen molar-refractivity contribution in [3.05, 3.63) is 0 Å². The first-order valence-corrected chi connectivity index (χ1v) is 6.86. The van der Waals surface area contributed by atoms with E-state index >= 15 is 0 Å². The van der Waals surface area contributed by atoms with Gasteiger partial charge in [0.05, 0.1) is 5.60 Å². The molecule has 2 N–H and O–H groups in total. The monoisotopic (exact) mass is 227 g/mol. The van der Waals surface area contributed by atoms with Gasteiger partial charge in [-0.3, -0.25) is 0 Å².